The molecule has 0 heterocycles. The number of anilines is 1. The van der Waals surface area contributed by atoms with Crippen LogP contribution in [0.4, 0.5) is 14.5 Å². The van der Waals surface area contributed by atoms with Crippen LogP contribution in [0.15, 0.2) is 48.5 Å². The van der Waals surface area contributed by atoms with Crippen molar-refractivity contribution in [3.63, 3.8) is 0 Å². The molecule has 0 spiro atoms. The number of halogens is 2. The Morgan fingerprint density at radius 2 is 1.71 bits per heavy atom. The molecule has 0 aliphatic heterocycles. The zero-order valence-electron chi connectivity index (χ0n) is 18.0. The third-order valence-corrected chi connectivity index (χ3v) is 4.95. The second-order valence-electron chi connectivity index (χ2n) is 7.33. The topological polar surface area (TPSA) is 47.6 Å². The van der Waals surface area contributed by atoms with Crippen molar-refractivity contribution in [1.82, 2.24) is 0 Å². The van der Waals surface area contributed by atoms with Crippen LogP contribution in [0.5, 0.6) is 11.5 Å². The Bertz CT molecular complexity index is 1110. The summed E-state index contributed by atoms with van der Waals surface area (Å²) in [5, 5.41) is 2.47. The van der Waals surface area contributed by atoms with Gasteiger partial charge in [-0.2, -0.15) is 0 Å². The standard InChI is InChI=1S/C25H25F2NO3/c1-5-30-23-9-6-18(25(29)28-22-8-7-20(26)13-21(22)27)12-19(23)14-31-24-11-15(2)10-16(3)17(24)4/h6-13H,5,14H2,1-4H3,(H,28,29). The number of nitrogens with one attached hydrogen (secondary N) is 1. The van der Waals surface area contributed by atoms with E-state index in [9.17, 15) is 13.6 Å². The number of ether oxygens (including phenoxy) is 2. The molecule has 0 fully saturated rings. The number of hydrogen-bond donors (Lipinski definition) is 1. The molecule has 0 unspecified atom stereocenters. The number of amides is 1. The lowest BCUT2D eigenvalue weighted by atomic mass is 10.1. The number of benzene rings is 3. The van der Waals surface area contributed by atoms with Crippen LogP contribution in [0.1, 0.15) is 39.5 Å². The Morgan fingerprint density at radius 3 is 2.42 bits per heavy atom. The van der Waals surface area contributed by atoms with Crippen LogP contribution in [0.25, 0.3) is 0 Å². The highest BCUT2D eigenvalue weighted by Crippen LogP contribution is 2.27. The third-order valence-electron chi connectivity index (χ3n) is 4.95. The van der Waals surface area contributed by atoms with Crippen molar-refractivity contribution in [2.24, 2.45) is 0 Å². The molecular formula is C25H25F2NO3. The van der Waals surface area contributed by atoms with Crippen LogP contribution >= 0.6 is 0 Å². The zero-order chi connectivity index (χ0) is 22.5. The maximum absolute atomic E-state index is 13.9. The molecule has 6 heteroatoms. The zero-order valence-corrected chi connectivity index (χ0v) is 18.0. The van der Waals surface area contributed by atoms with E-state index in [1.54, 1.807) is 18.2 Å². The molecule has 0 bridgehead atoms. The average Bonchev–Trinajstić information content (AvgIpc) is 2.72. The maximum atomic E-state index is 13.9. The van der Waals surface area contributed by atoms with Gasteiger partial charge in [0.25, 0.3) is 5.91 Å². The molecule has 0 aliphatic carbocycles. The highest BCUT2D eigenvalue weighted by atomic mass is 19.1. The van der Waals surface area contributed by atoms with Gasteiger partial charge in [-0.15, -0.1) is 0 Å². The number of carbonyl (C=O) groups is 1. The van der Waals surface area contributed by atoms with E-state index in [-0.39, 0.29) is 12.3 Å². The minimum absolute atomic E-state index is 0.0936. The van der Waals surface area contributed by atoms with Gasteiger partial charge in [-0.05, 0) is 80.8 Å². The van der Waals surface area contributed by atoms with Crippen molar-refractivity contribution in [1.29, 1.82) is 0 Å². The van der Waals surface area contributed by atoms with Gasteiger partial charge in [-0.3, -0.25) is 4.79 Å². The number of rotatable bonds is 7. The van der Waals surface area contributed by atoms with E-state index < -0.39 is 17.5 Å². The first-order valence-electron chi connectivity index (χ1n) is 10.0. The van der Waals surface area contributed by atoms with Crippen molar-refractivity contribution in [2.75, 3.05) is 11.9 Å². The lowest BCUT2D eigenvalue weighted by Crippen LogP contribution is -2.14. The lowest BCUT2D eigenvalue weighted by molar-refractivity contribution is 0.102. The summed E-state index contributed by atoms with van der Waals surface area (Å²) in [6.45, 7) is 8.56. The fourth-order valence-corrected chi connectivity index (χ4v) is 3.22. The first-order valence-corrected chi connectivity index (χ1v) is 10.0. The van der Waals surface area contributed by atoms with Crippen LogP contribution in [0.2, 0.25) is 0 Å². The number of hydrogen-bond acceptors (Lipinski definition) is 3. The second kappa shape index (κ2) is 9.60. The minimum atomic E-state index is -0.840. The fraction of sp³-hybridized carbons (Fsp3) is 0.240. The first kappa shape index (κ1) is 22.3. The Labute approximate surface area is 180 Å². The predicted molar refractivity (Wildman–Crippen MR) is 117 cm³/mol. The van der Waals surface area contributed by atoms with Gasteiger partial charge in [0.1, 0.15) is 29.7 Å². The molecule has 0 saturated carbocycles. The normalized spacial score (nSPS) is 10.6. The lowest BCUT2D eigenvalue weighted by Gasteiger charge is -2.16. The largest absolute Gasteiger partial charge is 0.493 e. The molecule has 1 amide bonds. The fourth-order valence-electron chi connectivity index (χ4n) is 3.22. The van der Waals surface area contributed by atoms with Crippen LogP contribution in [0.3, 0.4) is 0 Å². The highest BCUT2D eigenvalue weighted by Gasteiger charge is 2.14. The van der Waals surface area contributed by atoms with Crippen molar-refractivity contribution < 1.29 is 23.0 Å². The molecule has 31 heavy (non-hydrogen) atoms. The Kier molecular flexibility index (Phi) is 6.90. The van der Waals surface area contributed by atoms with Gasteiger partial charge in [-0.25, -0.2) is 8.78 Å². The van der Waals surface area contributed by atoms with Crippen molar-refractivity contribution in [3.05, 3.63) is 88.0 Å². The monoisotopic (exact) mass is 425 g/mol. The van der Waals surface area contributed by atoms with Gasteiger partial charge in [-0.1, -0.05) is 6.07 Å². The number of aryl methyl sites for hydroxylation is 2. The van der Waals surface area contributed by atoms with Gasteiger partial charge >= 0.3 is 0 Å². The summed E-state index contributed by atoms with van der Waals surface area (Å²) in [6.07, 6.45) is 0. The molecule has 162 valence electrons. The van der Waals surface area contributed by atoms with Crippen molar-refractivity contribution >= 4 is 11.6 Å². The Morgan fingerprint density at radius 1 is 0.935 bits per heavy atom. The van der Waals surface area contributed by atoms with E-state index in [2.05, 4.69) is 11.4 Å². The van der Waals surface area contributed by atoms with Crippen LogP contribution in [0, 0.1) is 32.4 Å². The smallest absolute Gasteiger partial charge is 0.255 e. The maximum Gasteiger partial charge on any atom is 0.255 e. The van der Waals surface area contributed by atoms with E-state index in [0.717, 1.165) is 34.6 Å². The van der Waals surface area contributed by atoms with E-state index in [0.29, 0.717) is 23.5 Å². The van der Waals surface area contributed by atoms with Gasteiger partial charge in [0.15, 0.2) is 0 Å². The van der Waals surface area contributed by atoms with E-state index in [1.807, 2.05) is 33.8 Å². The van der Waals surface area contributed by atoms with Crippen molar-refractivity contribution in [3.8, 4) is 11.5 Å². The van der Waals surface area contributed by atoms with Crippen LogP contribution < -0.4 is 14.8 Å². The molecule has 3 rings (SSSR count). The average molecular weight is 425 g/mol. The molecule has 4 nitrogen and oxygen atoms in total. The van der Waals surface area contributed by atoms with Gasteiger partial charge in [0, 0.05) is 17.2 Å². The van der Waals surface area contributed by atoms with Gasteiger partial charge < -0.3 is 14.8 Å². The van der Waals surface area contributed by atoms with Gasteiger partial charge in [0.05, 0.1) is 12.3 Å². The summed E-state index contributed by atoms with van der Waals surface area (Å²) < 4.78 is 38.7. The predicted octanol–water partition coefficient (Wildman–Crippen LogP) is 6.12. The van der Waals surface area contributed by atoms with Crippen LogP contribution in [-0.2, 0) is 6.61 Å². The molecule has 0 saturated heterocycles. The van der Waals surface area contributed by atoms with E-state index in [4.69, 9.17) is 9.47 Å². The Balaban J connectivity index is 1.84. The van der Waals surface area contributed by atoms with E-state index in [1.165, 1.54) is 6.07 Å². The minimum Gasteiger partial charge on any atom is -0.493 e. The molecule has 0 radical (unpaired) electrons. The SMILES string of the molecule is CCOc1ccc(C(=O)Nc2ccc(F)cc2F)cc1COc1cc(C)cc(C)c1C. The molecule has 0 atom stereocenters. The molecule has 0 aliphatic rings. The molecule has 3 aromatic rings. The summed E-state index contributed by atoms with van der Waals surface area (Å²) in [7, 11) is 0. The molecule has 3 aromatic carbocycles. The molecule has 1 N–H and O–H groups in total. The van der Waals surface area contributed by atoms with Gasteiger partial charge in [0.2, 0.25) is 0 Å². The van der Waals surface area contributed by atoms with Crippen LogP contribution in [-0.4, -0.2) is 12.5 Å². The number of carbonyl (C=O) groups excluding carboxylic acids is 1. The highest BCUT2D eigenvalue weighted by molar-refractivity contribution is 6.04. The quantitative estimate of drug-likeness (QED) is 0.496. The summed E-state index contributed by atoms with van der Waals surface area (Å²) in [6, 6.07) is 12.0. The van der Waals surface area contributed by atoms with E-state index >= 15 is 0 Å². The third kappa shape index (κ3) is 5.40. The summed E-state index contributed by atoms with van der Waals surface area (Å²) in [5.41, 5.74) is 4.18. The second-order valence-corrected chi connectivity index (χ2v) is 7.33. The Hall–Kier alpha value is -3.41. The molecule has 0 aromatic heterocycles. The molecular weight excluding hydrogens is 400 g/mol. The van der Waals surface area contributed by atoms with Crippen molar-refractivity contribution in [2.45, 2.75) is 34.3 Å². The summed E-state index contributed by atoms with van der Waals surface area (Å²) in [5.74, 6) is -0.694. The first-order chi connectivity index (χ1) is 14.8. The summed E-state index contributed by atoms with van der Waals surface area (Å²) >= 11 is 0. The summed E-state index contributed by atoms with van der Waals surface area (Å²) in [4.78, 5) is 12.6.